The molecule has 1 aliphatic rings. The first kappa shape index (κ1) is 19.6. The standard InChI is InChI=1S/C21H24N4O3S/c1-4-28-15-8-6-14(7-9-15)22-19(26)13(3)25-21(27)18-16-10-5-12(2)11-17(16)29-20(18)23-24-25/h6-9,12-13H,4-5,10-11H2,1-3H3,(H,22,26)/t12-,13+/m0/s1. The Morgan fingerprint density at radius 3 is 2.86 bits per heavy atom. The minimum atomic E-state index is -0.774. The zero-order chi connectivity index (χ0) is 20.5. The van der Waals surface area contributed by atoms with Gasteiger partial charge >= 0.3 is 0 Å². The van der Waals surface area contributed by atoms with Gasteiger partial charge < -0.3 is 10.1 Å². The molecule has 8 heteroatoms. The lowest BCUT2D eigenvalue weighted by Crippen LogP contribution is -2.34. The van der Waals surface area contributed by atoms with Crippen molar-refractivity contribution in [3.8, 4) is 5.75 Å². The lowest BCUT2D eigenvalue weighted by Gasteiger charge is -2.17. The highest BCUT2D eigenvalue weighted by Gasteiger charge is 2.26. The van der Waals surface area contributed by atoms with Crippen molar-refractivity contribution in [1.29, 1.82) is 0 Å². The molecule has 0 radical (unpaired) electrons. The number of carbonyl (C=O) groups is 1. The maximum atomic E-state index is 13.1. The van der Waals surface area contributed by atoms with Crippen LogP contribution in [0.1, 0.15) is 43.7 Å². The number of carbonyl (C=O) groups excluding carboxylic acids is 1. The summed E-state index contributed by atoms with van der Waals surface area (Å²) < 4.78 is 6.60. The number of nitrogens with one attached hydrogen (secondary N) is 1. The molecule has 3 aromatic rings. The Labute approximate surface area is 172 Å². The van der Waals surface area contributed by atoms with Gasteiger partial charge in [0.05, 0.1) is 12.0 Å². The summed E-state index contributed by atoms with van der Waals surface area (Å²) in [6, 6.07) is 6.35. The number of amides is 1. The molecule has 29 heavy (non-hydrogen) atoms. The Morgan fingerprint density at radius 2 is 2.14 bits per heavy atom. The Balaban J connectivity index is 1.59. The highest BCUT2D eigenvalue weighted by Crippen LogP contribution is 2.35. The molecule has 2 heterocycles. The van der Waals surface area contributed by atoms with Crippen LogP contribution in [0.15, 0.2) is 29.1 Å². The molecule has 0 saturated heterocycles. The van der Waals surface area contributed by atoms with Crippen LogP contribution in [0.5, 0.6) is 5.75 Å². The fraction of sp³-hybridized carbons (Fsp3) is 0.429. The van der Waals surface area contributed by atoms with Crippen LogP contribution in [-0.4, -0.2) is 27.5 Å². The van der Waals surface area contributed by atoms with E-state index < -0.39 is 6.04 Å². The van der Waals surface area contributed by atoms with Gasteiger partial charge in [-0.15, -0.1) is 16.4 Å². The smallest absolute Gasteiger partial charge is 0.279 e. The number of ether oxygens (including phenoxy) is 1. The van der Waals surface area contributed by atoms with Crippen molar-refractivity contribution in [3.05, 3.63) is 45.1 Å². The summed E-state index contributed by atoms with van der Waals surface area (Å²) in [6.07, 6.45) is 2.92. The number of anilines is 1. The van der Waals surface area contributed by atoms with Crippen LogP contribution >= 0.6 is 11.3 Å². The molecule has 7 nitrogen and oxygen atoms in total. The molecule has 2 aromatic heterocycles. The summed E-state index contributed by atoms with van der Waals surface area (Å²) in [7, 11) is 0. The van der Waals surface area contributed by atoms with E-state index in [-0.39, 0.29) is 11.5 Å². The van der Waals surface area contributed by atoms with Crippen molar-refractivity contribution < 1.29 is 9.53 Å². The molecule has 152 valence electrons. The van der Waals surface area contributed by atoms with E-state index in [0.717, 1.165) is 30.6 Å². The molecule has 2 atom stereocenters. The maximum Gasteiger partial charge on any atom is 0.279 e. The molecule has 1 aromatic carbocycles. The van der Waals surface area contributed by atoms with Crippen molar-refractivity contribution in [3.63, 3.8) is 0 Å². The quantitative estimate of drug-likeness (QED) is 0.692. The predicted octanol–water partition coefficient (Wildman–Crippen LogP) is 3.58. The third kappa shape index (κ3) is 3.76. The van der Waals surface area contributed by atoms with E-state index in [0.29, 0.717) is 28.4 Å². The van der Waals surface area contributed by atoms with Gasteiger partial charge in [0.2, 0.25) is 5.91 Å². The van der Waals surface area contributed by atoms with E-state index >= 15 is 0 Å². The average Bonchev–Trinajstić information content (AvgIpc) is 3.07. The molecule has 1 N–H and O–H groups in total. The molecular formula is C21H24N4O3S. The summed E-state index contributed by atoms with van der Waals surface area (Å²) in [5.74, 6) is 1.04. The number of nitrogens with zero attached hydrogens (tertiary/aromatic N) is 3. The number of aromatic nitrogens is 3. The average molecular weight is 413 g/mol. The van der Waals surface area contributed by atoms with Crippen LogP contribution in [0.4, 0.5) is 5.69 Å². The number of benzene rings is 1. The van der Waals surface area contributed by atoms with E-state index in [4.69, 9.17) is 4.74 Å². The molecule has 0 unspecified atom stereocenters. The van der Waals surface area contributed by atoms with Crippen LogP contribution in [0.2, 0.25) is 0 Å². The highest BCUT2D eigenvalue weighted by molar-refractivity contribution is 7.18. The summed E-state index contributed by atoms with van der Waals surface area (Å²) in [4.78, 5) is 27.7. The van der Waals surface area contributed by atoms with Gasteiger partial charge in [-0.05, 0) is 68.9 Å². The largest absolute Gasteiger partial charge is 0.494 e. The molecule has 0 bridgehead atoms. The van der Waals surface area contributed by atoms with Gasteiger partial charge in [0, 0.05) is 10.6 Å². The molecule has 0 spiro atoms. The summed E-state index contributed by atoms with van der Waals surface area (Å²) in [5, 5.41) is 11.8. The Hall–Kier alpha value is -2.74. The van der Waals surface area contributed by atoms with Gasteiger partial charge in [0.1, 0.15) is 11.8 Å². The zero-order valence-corrected chi connectivity index (χ0v) is 17.6. The van der Waals surface area contributed by atoms with E-state index in [2.05, 4.69) is 22.6 Å². The molecule has 0 saturated carbocycles. The predicted molar refractivity (Wildman–Crippen MR) is 114 cm³/mol. The van der Waals surface area contributed by atoms with Crippen molar-refractivity contribution >= 4 is 33.1 Å². The lowest BCUT2D eigenvalue weighted by molar-refractivity contribution is -0.119. The summed E-state index contributed by atoms with van der Waals surface area (Å²) in [5.41, 5.74) is 1.49. The van der Waals surface area contributed by atoms with Crippen molar-refractivity contribution in [1.82, 2.24) is 15.0 Å². The first-order chi connectivity index (χ1) is 14.0. The molecule has 0 fully saturated rings. The maximum absolute atomic E-state index is 13.1. The number of hydrogen-bond donors (Lipinski definition) is 1. The second-order valence-corrected chi connectivity index (χ2v) is 8.58. The molecule has 4 rings (SSSR count). The van der Waals surface area contributed by atoms with Crippen LogP contribution in [-0.2, 0) is 17.6 Å². The van der Waals surface area contributed by atoms with Crippen molar-refractivity contribution in [2.75, 3.05) is 11.9 Å². The second kappa shape index (κ2) is 7.94. The Bertz CT molecular complexity index is 1100. The van der Waals surface area contributed by atoms with E-state index in [1.54, 1.807) is 42.5 Å². The third-order valence-electron chi connectivity index (χ3n) is 5.33. The minimum absolute atomic E-state index is 0.239. The lowest BCUT2D eigenvalue weighted by atomic mass is 9.89. The third-order valence-corrected chi connectivity index (χ3v) is 6.46. The molecule has 1 amide bonds. The monoisotopic (exact) mass is 412 g/mol. The molecule has 0 aliphatic heterocycles. The second-order valence-electron chi connectivity index (χ2n) is 7.49. The zero-order valence-electron chi connectivity index (χ0n) is 16.8. The van der Waals surface area contributed by atoms with E-state index in [1.807, 2.05) is 6.92 Å². The molecular weight excluding hydrogens is 388 g/mol. The van der Waals surface area contributed by atoms with Gasteiger partial charge in [0.15, 0.2) is 4.83 Å². The van der Waals surface area contributed by atoms with Gasteiger partial charge in [-0.1, -0.05) is 12.1 Å². The number of aryl methyl sites for hydroxylation is 1. The number of hydrogen-bond acceptors (Lipinski definition) is 6. The van der Waals surface area contributed by atoms with Crippen LogP contribution < -0.4 is 15.6 Å². The molecule has 1 aliphatic carbocycles. The Kier molecular flexibility index (Phi) is 5.36. The number of fused-ring (bicyclic) bond motifs is 3. The van der Waals surface area contributed by atoms with Gasteiger partial charge in [-0.25, -0.2) is 0 Å². The van der Waals surface area contributed by atoms with Crippen LogP contribution in [0.3, 0.4) is 0 Å². The van der Waals surface area contributed by atoms with Crippen LogP contribution in [0.25, 0.3) is 10.2 Å². The highest BCUT2D eigenvalue weighted by atomic mass is 32.1. The first-order valence-electron chi connectivity index (χ1n) is 9.91. The van der Waals surface area contributed by atoms with Gasteiger partial charge in [0.25, 0.3) is 5.56 Å². The number of thiophene rings is 1. The SMILES string of the molecule is CCOc1ccc(NC(=O)[C@@H](C)n2nnc3sc4c(c3c2=O)CC[C@H](C)C4)cc1. The summed E-state index contributed by atoms with van der Waals surface area (Å²) in [6.45, 7) is 6.38. The fourth-order valence-corrected chi connectivity index (χ4v) is 5.00. The first-order valence-corrected chi connectivity index (χ1v) is 10.7. The topological polar surface area (TPSA) is 86.1 Å². The fourth-order valence-electron chi connectivity index (χ4n) is 3.68. The van der Waals surface area contributed by atoms with Crippen molar-refractivity contribution in [2.24, 2.45) is 5.92 Å². The normalized spacial score (nSPS) is 17.0. The van der Waals surface area contributed by atoms with E-state index in [1.165, 1.54) is 9.56 Å². The van der Waals surface area contributed by atoms with Crippen LogP contribution in [0, 0.1) is 5.92 Å². The Morgan fingerprint density at radius 1 is 1.38 bits per heavy atom. The van der Waals surface area contributed by atoms with E-state index in [9.17, 15) is 9.59 Å². The van der Waals surface area contributed by atoms with Gasteiger partial charge in [-0.3, -0.25) is 9.59 Å². The van der Waals surface area contributed by atoms with Crippen molar-refractivity contribution in [2.45, 2.75) is 46.1 Å². The summed E-state index contributed by atoms with van der Waals surface area (Å²) >= 11 is 1.55. The number of rotatable bonds is 5. The van der Waals surface area contributed by atoms with Gasteiger partial charge in [-0.2, -0.15) is 4.68 Å². The minimum Gasteiger partial charge on any atom is -0.494 e.